The third kappa shape index (κ3) is 4.45. The molecule has 18 heavy (non-hydrogen) atoms. The third-order valence-corrected chi connectivity index (χ3v) is 6.16. The van der Waals surface area contributed by atoms with Crippen LogP contribution in [-0.2, 0) is 0 Å². The molecule has 2 aliphatic carbocycles. The van der Waals surface area contributed by atoms with Gasteiger partial charge in [0.1, 0.15) is 0 Å². The number of hydrogen-bond acceptors (Lipinski definition) is 2. The van der Waals surface area contributed by atoms with Crippen molar-refractivity contribution in [3.8, 4) is 0 Å². The van der Waals surface area contributed by atoms with E-state index in [-0.39, 0.29) is 0 Å². The van der Waals surface area contributed by atoms with Gasteiger partial charge in [-0.1, -0.05) is 33.1 Å². The lowest BCUT2D eigenvalue weighted by Gasteiger charge is -2.22. The maximum absolute atomic E-state index is 3.98. The number of hydrogen-bond donors (Lipinski definition) is 1. The fourth-order valence-electron chi connectivity index (χ4n) is 3.77. The van der Waals surface area contributed by atoms with Crippen LogP contribution in [0, 0.1) is 5.92 Å². The molecule has 2 heteroatoms. The summed E-state index contributed by atoms with van der Waals surface area (Å²) >= 11 is 2.17. The quantitative estimate of drug-likeness (QED) is 0.732. The third-order valence-electron chi connectivity index (χ3n) is 4.92. The Kier molecular flexibility index (Phi) is 6.37. The van der Waals surface area contributed by atoms with E-state index in [0.717, 1.165) is 23.3 Å². The molecule has 4 unspecified atom stereocenters. The number of rotatable bonds is 5. The van der Waals surface area contributed by atoms with Gasteiger partial charge in [-0.25, -0.2) is 0 Å². The van der Waals surface area contributed by atoms with Crippen LogP contribution in [0.25, 0.3) is 0 Å². The molecule has 1 nitrogen and oxygen atoms in total. The van der Waals surface area contributed by atoms with Crippen molar-refractivity contribution in [1.82, 2.24) is 5.32 Å². The fraction of sp³-hybridized carbons (Fsp3) is 1.00. The first kappa shape index (κ1) is 14.7. The Morgan fingerprint density at radius 2 is 1.78 bits per heavy atom. The van der Waals surface area contributed by atoms with Crippen molar-refractivity contribution in [1.29, 1.82) is 0 Å². The minimum absolute atomic E-state index is 0.830. The van der Waals surface area contributed by atoms with E-state index in [1.54, 1.807) is 0 Å². The highest BCUT2D eigenvalue weighted by atomic mass is 32.2. The first-order valence-corrected chi connectivity index (χ1v) is 9.24. The lowest BCUT2D eigenvalue weighted by molar-refractivity contribution is 0.386. The standard InChI is InChI=1S/C16H31NS/c1-3-13-6-5-7-14(9-8-13)17-15-10-11-16(12-15)18-4-2/h13-17H,3-12H2,1-2H3. The van der Waals surface area contributed by atoms with E-state index < -0.39 is 0 Å². The zero-order valence-corrected chi connectivity index (χ0v) is 13.1. The highest BCUT2D eigenvalue weighted by Gasteiger charge is 2.27. The SMILES string of the molecule is CCSC1CCC(NC2CCCC(CC)CC2)C1. The Morgan fingerprint density at radius 3 is 2.56 bits per heavy atom. The molecule has 106 valence electrons. The van der Waals surface area contributed by atoms with Gasteiger partial charge in [0.05, 0.1) is 0 Å². The van der Waals surface area contributed by atoms with Crippen molar-refractivity contribution in [2.75, 3.05) is 5.75 Å². The zero-order chi connectivity index (χ0) is 12.8. The lowest BCUT2D eigenvalue weighted by Crippen LogP contribution is -2.36. The molecule has 0 radical (unpaired) electrons. The summed E-state index contributed by atoms with van der Waals surface area (Å²) < 4.78 is 0. The van der Waals surface area contributed by atoms with E-state index in [2.05, 4.69) is 30.9 Å². The highest BCUT2D eigenvalue weighted by molar-refractivity contribution is 7.99. The smallest absolute Gasteiger partial charge is 0.00805 e. The summed E-state index contributed by atoms with van der Waals surface area (Å²) in [6.07, 6.45) is 12.9. The van der Waals surface area contributed by atoms with Gasteiger partial charge in [-0.05, 0) is 50.2 Å². The van der Waals surface area contributed by atoms with Gasteiger partial charge in [0.25, 0.3) is 0 Å². The first-order chi connectivity index (χ1) is 8.81. The van der Waals surface area contributed by atoms with Crippen LogP contribution in [-0.4, -0.2) is 23.1 Å². The molecule has 4 atom stereocenters. The summed E-state index contributed by atoms with van der Waals surface area (Å²) in [5.41, 5.74) is 0. The molecule has 2 aliphatic rings. The van der Waals surface area contributed by atoms with Crippen LogP contribution in [0.3, 0.4) is 0 Å². The first-order valence-electron chi connectivity index (χ1n) is 8.19. The molecule has 0 heterocycles. The van der Waals surface area contributed by atoms with Gasteiger partial charge in [-0.15, -0.1) is 0 Å². The summed E-state index contributed by atoms with van der Waals surface area (Å²) in [5, 5.41) is 4.92. The van der Waals surface area contributed by atoms with Crippen LogP contribution in [0.1, 0.15) is 71.6 Å². The van der Waals surface area contributed by atoms with Gasteiger partial charge in [0, 0.05) is 17.3 Å². The summed E-state index contributed by atoms with van der Waals surface area (Å²) in [5.74, 6) is 2.31. The Balaban J connectivity index is 1.70. The van der Waals surface area contributed by atoms with E-state index in [1.807, 2.05) is 0 Å². The highest BCUT2D eigenvalue weighted by Crippen LogP contribution is 2.31. The van der Waals surface area contributed by atoms with Crippen LogP contribution in [0.15, 0.2) is 0 Å². The molecule has 2 fully saturated rings. The molecular formula is C16H31NS. The van der Waals surface area contributed by atoms with Crippen LogP contribution < -0.4 is 5.32 Å². The van der Waals surface area contributed by atoms with Gasteiger partial charge in [0.15, 0.2) is 0 Å². The minimum Gasteiger partial charge on any atom is -0.311 e. The van der Waals surface area contributed by atoms with E-state index in [4.69, 9.17) is 0 Å². The van der Waals surface area contributed by atoms with Gasteiger partial charge in [-0.2, -0.15) is 11.8 Å². The minimum atomic E-state index is 0.830. The lowest BCUT2D eigenvalue weighted by atomic mass is 9.97. The van der Waals surface area contributed by atoms with E-state index >= 15 is 0 Å². The summed E-state index contributed by atoms with van der Waals surface area (Å²) in [6.45, 7) is 4.66. The summed E-state index contributed by atoms with van der Waals surface area (Å²) in [7, 11) is 0. The maximum Gasteiger partial charge on any atom is 0.00805 e. The van der Waals surface area contributed by atoms with Crippen molar-refractivity contribution in [3.63, 3.8) is 0 Å². The monoisotopic (exact) mass is 269 g/mol. The van der Waals surface area contributed by atoms with Crippen LogP contribution >= 0.6 is 11.8 Å². The van der Waals surface area contributed by atoms with E-state index in [0.29, 0.717) is 0 Å². The van der Waals surface area contributed by atoms with E-state index in [9.17, 15) is 0 Å². The second kappa shape index (κ2) is 7.79. The molecule has 0 amide bonds. The second-order valence-electron chi connectivity index (χ2n) is 6.23. The molecule has 0 aliphatic heterocycles. The predicted octanol–water partition coefficient (Wildman–Crippen LogP) is 4.61. The molecule has 0 bridgehead atoms. The summed E-state index contributed by atoms with van der Waals surface area (Å²) in [4.78, 5) is 0. The predicted molar refractivity (Wildman–Crippen MR) is 83.3 cm³/mol. The fourth-order valence-corrected chi connectivity index (χ4v) is 4.91. The zero-order valence-electron chi connectivity index (χ0n) is 12.3. The Bertz CT molecular complexity index is 231. The second-order valence-corrected chi connectivity index (χ2v) is 7.81. The van der Waals surface area contributed by atoms with Crippen molar-refractivity contribution in [3.05, 3.63) is 0 Å². The van der Waals surface area contributed by atoms with Crippen LogP contribution in [0.2, 0.25) is 0 Å². The maximum atomic E-state index is 3.98. The topological polar surface area (TPSA) is 12.0 Å². The van der Waals surface area contributed by atoms with Gasteiger partial charge < -0.3 is 5.32 Å². The average molecular weight is 269 g/mol. The molecule has 2 saturated carbocycles. The molecule has 1 N–H and O–H groups in total. The van der Waals surface area contributed by atoms with E-state index in [1.165, 1.54) is 63.5 Å². The van der Waals surface area contributed by atoms with Crippen molar-refractivity contribution in [2.45, 2.75) is 89.0 Å². The van der Waals surface area contributed by atoms with Crippen molar-refractivity contribution < 1.29 is 0 Å². The summed E-state index contributed by atoms with van der Waals surface area (Å²) in [6, 6.07) is 1.66. The average Bonchev–Trinajstić information content (AvgIpc) is 2.68. The molecule has 0 aromatic heterocycles. The molecular weight excluding hydrogens is 238 g/mol. The Hall–Kier alpha value is 0.310. The number of nitrogens with one attached hydrogen (secondary N) is 1. The normalized spacial score (nSPS) is 37.7. The number of thioether (sulfide) groups is 1. The van der Waals surface area contributed by atoms with Gasteiger partial charge >= 0.3 is 0 Å². The Labute approximate surface area is 118 Å². The molecule has 0 aromatic carbocycles. The van der Waals surface area contributed by atoms with Crippen molar-refractivity contribution in [2.24, 2.45) is 5.92 Å². The van der Waals surface area contributed by atoms with Crippen molar-refractivity contribution >= 4 is 11.8 Å². The molecule has 0 spiro atoms. The Morgan fingerprint density at radius 1 is 0.944 bits per heavy atom. The van der Waals surface area contributed by atoms with Gasteiger partial charge in [-0.3, -0.25) is 0 Å². The largest absolute Gasteiger partial charge is 0.311 e. The van der Waals surface area contributed by atoms with Gasteiger partial charge in [0.2, 0.25) is 0 Å². The molecule has 2 rings (SSSR count). The van der Waals surface area contributed by atoms with Crippen LogP contribution in [0.5, 0.6) is 0 Å². The van der Waals surface area contributed by atoms with Crippen LogP contribution in [0.4, 0.5) is 0 Å². The molecule has 0 saturated heterocycles. The molecule has 0 aromatic rings.